The SMILES string of the molecule is CC(N)c1cccc2c(Br)coc12. The van der Waals surface area contributed by atoms with Crippen molar-refractivity contribution in [2.75, 3.05) is 0 Å². The summed E-state index contributed by atoms with van der Waals surface area (Å²) in [7, 11) is 0. The molecule has 0 saturated heterocycles. The summed E-state index contributed by atoms with van der Waals surface area (Å²) >= 11 is 3.42. The average Bonchev–Trinajstić information content (AvgIpc) is 2.48. The molecule has 2 aromatic rings. The van der Waals surface area contributed by atoms with Crippen LogP contribution in [0, 0.1) is 0 Å². The van der Waals surface area contributed by atoms with Crippen LogP contribution in [0.2, 0.25) is 0 Å². The van der Waals surface area contributed by atoms with Crippen LogP contribution in [0.5, 0.6) is 0 Å². The van der Waals surface area contributed by atoms with Crippen LogP contribution in [0.15, 0.2) is 33.4 Å². The lowest BCUT2D eigenvalue weighted by Crippen LogP contribution is -2.04. The number of benzene rings is 1. The van der Waals surface area contributed by atoms with E-state index in [-0.39, 0.29) is 6.04 Å². The third-order valence-corrected chi connectivity index (χ3v) is 2.69. The Morgan fingerprint density at radius 2 is 2.23 bits per heavy atom. The van der Waals surface area contributed by atoms with E-state index < -0.39 is 0 Å². The summed E-state index contributed by atoms with van der Waals surface area (Å²) in [5, 5.41) is 1.08. The highest BCUT2D eigenvalue weighted by Crippen LogP contribution is 2.30. The van der Waals surface area contributed by atoms with Gasteiger partial charge >= 0.3 is 0 Å². The molecule has 0 aliphatic carbocycles. The molecule has 2 nitrogen and oxygen atoms in total. The minimum Gasteiger partial charge on any atom is -0.463 e. The maximum absolute atomic E-state index is 5.81. The normalized spacial score (nSPS) is 13.5. The van der Waals surface area contributed by atoms with E-state index in [2.05, 4.69) is 15.9 Å². The number of hydrogen-bond acceptors (Lipinski definition) is 2. The van der Waals surface area contributed by atoms with Gasteiger partial charge in [-0.25, -0.2) is 0 Å². The van der Waals surface area contributed by atoms with Crippen molar-refractivity contribution in [3.8, 4) is 0 Å². The Bertz CT molecular complexity index is 433. The Kier molecular flexibility index (Phi) is 2.14. The molecule has 2 rings (SSSR count). The third kappa shape index (κ3) is 1.38. The van der Waals surface area contributed by atoms with Crippen molar-refractivity contribution < 1.29 is 4.42 Å². The van der Waals surface area contributed by atoms with E-state index in [1.54, 1.807) is 6.26 Å². The van der Waals surface area contributed by atoms with E-state index in [0.29, 0.717) is 0 Å². The van der Waals surface area contributed by atoms with Gasteiger partial charge in [-0.2, -0.15) is 0 Å². The Hall–Kier alpha value is -0.800. The molecule has 68 valence electrons. The van der Waals surface area contributed by atoms with Crippen molar-refractivity contribution >= 4 is 26.9 Å². The number of halogens is 1. The molecule has 0 spiro atoms. The van der Waals surface area contributed by atoms with Gasteiger partial charge in [-0.1, -0.05) is 12.1 Å². The van der Waals surface area contributed by atoms with E-state index in [0.717, 1.165) is 21.0 Å². The van der Waals surface area contributed by atoms with Gasteiger partial charge in [0.05, 0.1) is 4.47 Å². The Labute approximate surface area is 84.8 Å². The van der Waals surface area contributed by atoms with Crippen molar-refractivity contribution in [3.05, 3.63) is 34.5 Å². The lowest BCUT2D eigenvalue weighted by atomic mass is 10.1. The fraction of sp³-hybridized carbons (Fsp3) is 0.200. The van der Waals surface area contributed by atoms with Crippen molar-refractivity contribution in [2.45, 2.75) is 13.0 Å². The molecular formula is C10H10BrNO. The van der Waals surface area contributed by atoms with Crippen LogP contribution in [0.25, 0.3) is 11.0 Å². The fourth-order valence-electron chi connectivity index (χ4n) is 1.41. The maximum Gasteiger partial charge on any atom is 0.139 e. The van der Waals surface area contributed by atoms with Crippen LogP contribution in [0.3, 0.4) is 0 Å². The Morgan fingerprint density at radius 3 is 2.92 bits per heavy atom. The predicted octanol–water partition coefficient (Wildman–Crippen LogP) is 3.22. The van der Waals surface area contributed by atoms with Crippen LogP contribution >= 0.6 is 15.9 Å². The maximum atomic E-state index is 5.81. The minimum atomic E-state index is 0.00162. The van der Waals surface area contributed by atoms with Gasteiger partial charge in [0.15, 0.2) is 0 Å². The van der Waals surface area contributed by atoms with Gasteiger partial charge in [0.1, 0.15) is 11.8 Å². The molecule has 2 N–H and O–H groups in total. The second-order valence-corrected chi connectivity index (χ2v) is 3.95. The van der Waals surface area contributed by atoms with Crippen molar-refractivity contribution in [1.29, 1.82) is 0 Å². The number of fused-ring (bicyclic) bond motifs is 1. The topological polar surface area (TPSA) is 39.2 Å². The molecule has 0 amide bonds. The average molecular weight is 240 g/mol. The lowest BCUT2D eigenvalue weighted by Gasteiger charge is -2.04. The van der Waals surface area contributed by atoms with Crippen LogP contribution in [-0.2, 0) is 0 Å². The predicted molar refractivity (Wildman–Crippen MR) is 56.5 cm³/mol. The summed E-state index contributed by atoms with van der Waals surface area (Å²) in [4.78, 5) is 0. The first-order valence-electron chi connectivity index (χ1n) is 4.11. The van der Waals surface area contributed by atoms with Crippen LogP contribution in [0.1, 0.15) is 18.5 Å². The van der Waals surface area contributed by atoms with Crippen LogP contribution < -0.4 is 5.73 Å². The van der Waals surface area contributed by atoms with Gasteiger partial charge in [0.25, 0.3) is 0 Å². The Balaban J connectivity index is 2.77. The second kappa shape index (κ2) is 3.16. The highest BCUT2D eigenvalue weighted by atomic mass is 79.9. The molecule has 1 atom stereocenters. The van der Waals surface area contributed by atoms with E-state index in [4.69, 9.17) is 10.2 Å². The summed E-state index contributed by atoms with van der Waals surface area (Å²) in [6, 6.07) is 5.99. The fourth-order valence-corrected chi connectivity index (χ4v) is 1.81. The number of hydrogen-bond donors (Lipinski definition) is 1. The molecule has 0 bridgehead atoms. The molecule has 0 radical (unpaired) electrons. The van der Waals surface area contributed by atoms with Gasteiger partial charge in [0, 0.05) is 17.0 Å². The first kappa shape index (κ1) is 8.78. The number of nitrogens with two attached hydrogens (primary N) is 1. The lowest BCUT2D eigenvalue weighted by molar-refractivity contribution is 0.604. The van der Waals surface area contributed by atoms with E-state index in [9.17, 15) is 0 Å². The van der Waals surface area contributed by atoms with Gasteiger partial charge < -0.3 is 10.2 Å². The smallest absolute Gasteiger partial charge is 0.139 e. The number of para-hydroxylation sites is 1. The number of rotatable bonds is 1. The zero-order valence-electron chi connectivity index (χ0n) is 7.25. The highest BCUT2D eigenvalue weighted by Gasteiger charge is 2.09. The minimum absolute atomic E-state index is 0.00162. The van der Waals surface area contributed by atoms with E-state index in [1.165, 1.54) is 0 Å². The zero-order chi connectivity index (χ0) is 9.42. The Morgan fingerprint density at radius 1 is 1.46 bits per heavy atom. The monoisotopic (exact) mass is 239 g/mol. The summed E-state index contributed by atoms with van der Waals surface area (Å²) in [6.07, 6.45) is 1.69. The van der Waals surface area contributed by atoms with Crippen molar-refractivity contribution in [2.24, 2.45) is 5.73 Å². The molecule has 13 heavy (non-hydrogen) atoms. The molecular weight excluding hydrogens is 230 g/mol. The van der Waals surface area contributed by atoms with Gasteiger partial charge in [-0.3, -0.25) is 0 Å². The standard InChI is InChI=1S/C10H10BrNO/c1-6(12)7-3-2-4-8-9(11)5-13-10(7)8/h2-6H,12H2,1H3. The molecule has 0 fully saturated rings. The quantitative estimate of drug-likeness (QED) is 0.831. The van der Waals surface area contributed by atoms with E-state index in [1.807, 2.05) is 25.1 Å². The first-order valence-corrected chi connectivity index (χ1v) is 4.90. The zero-order valence-corrected chi connectivity index (χ0v) is 8.84. The molecule has 0 aliphatic rings. The molecule has 3 heteroatoms. The highest BCUT2D eigenvalue weighted by molar-refractivity contribution is 9.10. The molecule has 1 unspecified atom stereocenters. The molecule has 0 aliphatic heterocycles. The summed E-state index contributed by atoms with van der Waals surface area (Å²) in [5.41, 5.74) is 7.74. The van der Waals surface area contributed by atoms with Crippen molar-refractivity contribution in [3.63, 3.8) is 0 Å². The summed E-state index contributed by atoms with van der Waals surface area (Å²) in [6.45, 7) is 1.95. The van der Waals surface area contributed by atoms with Gasteiger partial charge in [-0.15, -0.1) is 0 Å². The summed E-state index contributed by atoms with van der Waals surface area (Å²) < 4.78 is 6.39. The molecule has 1 heterocycles. The largest absolute Gasteiger partial charge is 0.463 e. The van der Waals surface area contributed by atoms with E-state index >= 15 is 0 Å². The first-order chi connectivity index (χ1) is 6.20. The molecule has 0 saturated carbocycles. The third-order valence-electron chi connectivity index (χ3n) is 2.07. The van der Waals surface area contributed by atoms with Gasteiger partial charge in [-0.05, 0) is 28.9 Å². The number of furan rings is 1. The second-order valence-electron chi connectivity index (χ2n) is 3.10. The van der Waals surface area contributed by atoms with Crippen LogP contribution in [-0.4, -0.2) is 0 Å². The van der Waals surface area contributed by atoms with Crippen molar-refractivity contribution in [1.82, 2.24) is 0 Å². The molecule has 1 aromatic heterocycles. The summed E-state index contributed by atoms with van der Waals surface area (Å²) in [5.74, 6) is 0. The van der Waals surface area contributed by atoms with Crippen LogP contribution in [0.4, 0.5) is 0 Å². The molecule has 1 aromatic carbocycles. The van der Waals surface area contributed by atoms with Gasteiger partial charge in [0.2, 0.25) is 0 Å².